The Morgan fingerprint density at radius 3 is 2.52 bits per heavy atom. The summed E-state index contributed by atoms with van der Waals surface area (Å²) in [5, 5.41) is 3.50. The number of rotatable bonds is 7. The lowest BCUT2D eigenvalue weighted by atomic mass is 10.1. The minimum absolute atomic E-state index is 0.842. The molecule has 0 aliphatic carbocycles. The fourth-order valence-corrected chi connectivity index (χ4v) is 3.63. The van der Waals surface area contributed by atoms with E-state index in [4.69, 9.17) is 0 Å². The van der Waals surface area contributed by atoms with Gasteiger partial charge in [-0.15, -0.1) is 0 Å². The Morgan fingerprint density at radius 2 is 1.83 bits per heavy atom. The Balaban J connectivity index is 1.36. The Morgan fingerprint density at radius 1 is 1.10 bits per heavy atom. The first-order valence-electron chi connectivity index (χ1n) is 10.4. The van der Waals surface area contributed by atoms with E-state index in [1.54, 1.807) is 0 Å². The molecule has 1 aliphatic rings. The van der Waals surface area contributed by atoms with Crippen LogP contribution in [0.4, 0.5) is 5.95 Å². The third kappa shape index (κ3) is 6.15. The van der Waals surface area contributed by atoms with Gasteiger partial charge in [0.15, 0.2) is 5.96 Å². The Kier molecular flexibility index (Phi) is 7.81. The quantitative estimate of drug-likeness (QED) is 0.440. The molecule has 1 aromatic carbocycles. The summed E-state index contributed by atoms with van der Waals surface area (Å²) in [4.78, 5) is 20.1. The molecule has 0 spiro atoms. The van der Waals surface area contributed by atoms with Crippen LogP contribution in [0.3, 0.4) is 0 Å². The van der Waals surface area contributed by atoms with Crippen LogP contribution in [-0.4, -0.2) is 79.1 Å². The number of guanidine groups is 1. The smallest absolute Gasteiger partial charge is 0.225 e. The van der Waals surface area contributed by atoms with Crippen molar-refractivity contribution < 1.29 is 0 Å². The monoisotopic (exact) mass is 395 g/mol. The molecule has 3 rings (SSSR count). The molecular weight excluding hydrogens is 362 g/mol. The van der Waals surface area contributed by atoms with Gasteiger partial charge in [0.25, 0.3) is 0 Å². The normalized spacial score (nSPS) is 15.4. The zero-order valence-corrected chi connectivity index (χ0v) is 17.9. The SMILES string of the molecule is CN=C(NCCCN1CCN(c2ncccn2)CC1)N(C)Cc1ccccc1C. The topological polar surface area (TPSA) is 59.9 Å². The van der Waals surface area contributed by atoms with E-state index in [0.29, 0.717) is 0 Å². The van der Waals surface area contributed by atoms with Crippen LogP contribution in [0.5, 0.6) is 0 Å². The van der Waals surface area contributed by atoms with Gasteiger partial charge in [-0.1, -0.05) is 24.3 Å². The number of hydrogen-bond donors (Lipinski definition) is 1. The van der Waals surface area contributed by atoms with Gasteiger partial charge in [-0.2, -0.15) is 0 Å². The number of benzene rings is 1. The maximum absolute atomic E-state index is 4.44. The molecule has 1 fully saturated rings. The van der Waals surface area contributed by atoms with Crippen LogP contribution in [0, 0.1) is 6.92 Å². The molecule has 2 heterocycles. The van der Waals surface area contributed by atoms with Gasteiger partial charge in [0.1, 0.15) is 0 Å². The first-order chi connectivity index (χ1) is 14.2. The first-order valence-corrected chi connectivity index (χ1v) is 10.4. The lowest BCUT2D eigenvalue weighted by Crippen LogP contribution is -2.47. The Hall–Kier alpha value is -2.67. The van der Waals surface area contributed by atoms with Crippen molar-refractivity contribution in [1.29, 1.82) is 0 Å². The average molecular weight is 396 g/mol. The van der Waals surface area contributed by atoms with Crippen LogP contribution in [0.25, 0.3) is 0 Å². The number of nitrogens with one attached hydrogen (secondary N) is 1. The molecule has 0 radical (unpaired) electrons. The first kappa shape index (κ1) is 21.0. The molecule has 2 aromatic rings. The maximum Gasteiger partial charge on any atom is 0.225 e. The fourth-order valence-electron chi connectivity index (χ4n) is 3.63. The van der Waals surface area contributed by atoms with E-state index in [1.165, 1.54) is 11.1 Å². The minimum atomic E-state index is 0.842. The van der Waals surface area contributed by atoms with Gasteiger partial charge >= 0.3 is 0 Å². The van der Waals surface area contributed by atoms with E-state index in [0.717, 1.165) is 64.1 Å². The summed E-state index contributed by atoms with van der Waals surface area (Å²) < 4.78 is 0. The third-order valence-electron chi connectivity index (χ3n) is 5.38. The number of piperazine rings is 1. The number of aromatic nitrogens is 2. The van der Waals surface area contributed by atoms with Crippen LogP contribution < -0.4 is 10.2 Å². The van der Waals surface area contributed by atoms with E-state index in [9.17, 15) is 0 Å². The van der Waals surface area contributed by atoms with E-state index >= 15 is 0 Å². The third-order valence-corrected chi connectivity index (χ3v) is 5.38. The second-order valence-electron chi connectivity index (χ2n) is 7.49. The zero-order chi connectivity index (χ0) is 20.5. The van der Waals surface area contributed by atoms with Crippen molar-refractivity contribution in [3.63, 3.8) is 0 Å². The predicted molar refractivity (Wildman–Crippen MR) is 119 cm³/mol. The van der Waals surface area contributed by atoms with Crippen LogP contribution in [0.1, 0.15) is 17.5 Å². The molecule has 1 saturated heterocycles. The number of hydrogen-bond acceptors (Lipinski definition) is 5. The van der Waals surface area contributed by atoms with Crippen molar-refractivity contribution in [1.82, 2.24) is 25.1 Å². The van der Waals surface area contributed by atoms with E-state index < -0.39 is 0 Å². The zero-order valence-electron chi connectivity index (χ0n) is 17.9. The molecule has 156 valence electrons. The number of aryl methyl sites for hydroxylation is 1. The molecule has 7 nitrogen and oxygen atoms in total. The molecule has 1 aliphatic heterocycles. The molecule has 29 heavy (non-hydrogen) atoms. The summed E-state index contributed by atoms with van der Waals surface area (Å²) in [6.45, 7) is 9.11. The van der Waals surface area contributed by atoms with Gasteiger partial charge in [-0.3, -0.25) is 9.89 Å². The lowest BCUT2D eigenvalue weighted by Gasteiger charge is -2.34. The van der Waals surface area contributed by atoms with Crippen LogP contribution in [0.2, 0.25) is 0 Å². The number of nitrogens with zero attached hydrogens (tertiary/aromatic N) is 6. The Labute approximate surface area is 174 Å². The van der Waals surface area contributed by atoms with Crippen molar-refractivity contribution in [3.8, 4) is 0 Å². The van der Waals surface area contributed by atoms with E-state index in [2.05, 4.69) is 73.2 Å². The van der Waals surface area contributed by atoms with Crippen LogP contribution in [-0.2, 0) is 6.54 Å². The van der Waals surface area contributed by atoms with Gasteiger partial charge in [0, 0.05) is 65.8 Å². The summed E-state index contributed by atoms with van der Waals surface area (Å²) in [6.07, 6.45) is 4.71. The molecular formula is C22H33N7. The predicted octanol–water partition coefficient (Wildman–Crippen LogP) is 2.00. The lowest BCUT2D eigenvalue weighted by molar-refractivity contribution is 0.254. The maximum atomic E-state index is 4.44. The highest BCUT2D eigenvalue weighted by atomic mass is 15.3. The molecule has 7 heteroatoms. The van der Waals surface area contributed by atoms with Crippen molar-refractivity contribution in [2.75, 3.05) is 58.3 Å². The van der Waals surface area contributed by atoms with E-state index in [1.807, 2.05) is 25.5 Å². The number of aliphatic imine (C=N–C) groups is 1. The second kappa shape index (κ2) is 10.8. The second-order valence-corrected chi connectivity index (χ2v) is 7.49. The standard InChI is InChI=1S/C22H33N7/c1-19-8-4-5-9-20(19)18-27(3)21(23-2)24-12-7-13-28-14-16-29(17-15-28)22-25-10-6-11-26-22/h4-6,8-11H,7,12-18H2,1-3H3,(H,23,24). The summed E-state index contributed by atoms with van der Waals surface area (Å²) >= 11 is 0. The van der Waals surface area contributed by atoms with Crippen molar-refractivity contribution in [2.45, 2.75) is 19.9 Å². The molecule has 0 amide bonds. The summed E-state index contributed by atoms with van der Waals surface area (Å²) in [6, 6.07) is 10.4. The molecule has 1 aromatic heterocycles. The molecule has 0 saturated carbocycles. The summed E-state index contributed by atoms with van der Waals surface area (Å²) in [5.74, 6) is 1.79. The van der Waals surface area contributed by atoms with Gasteiger partial charge in [0.2, 0.25) is 5.95 Å². The Bertz CT molecular complexity index is 770. The highest BCUT2D eigenvalue weighted by Crippen LogP contribution is 2.11. The van der Waals surface area contributed by atoms with Crippen molar-refractivity contribution >= 4 is 11.9 Å². The molecule has 1 N–H and O–H groups in total. The summed E-state index contributed by atoms with van der Waals surface area (Å²) in [7, 11) is 3.94. The van der Waals surface area contributed by atoms with E-state index in [-0.39, 0.29) is 0 Å². The van der Waals surface area contributed by atoms with Gasteiger partial charge in [0.05, 0.1) is 0 Å². The average Bonchev–Trinajstić information content (AvgIpc) is 2.76. The van der Waals surface area contributed by atoms with Crippen LogP contribution in [0.15, 0.2) is 47.7 Å². The number of anilines is 1. The van der Waals surface area contributed by atoms with Gasteiger partial charge < -0.3 is 15.1 Å². The molecule has 0 unspecified atom stereocenters. The fraction of sp³-hybridized carbons (Fsp3) is 0.500. The van der Waals surface area contributed by atoms with Crippen molar-refractivity contribution in [3.05, 3.63) is 53.9 Å². The molecule has 0 bridgehead atoms. The largest absolute Gasteiger partial charge is 0.356 e. The van der Waals surface area contributed by atoms with Crippen molar-refractivity contribution in [2.24, 2.45) is 4.99 Å². The molecule has 0 atom stereocenters. The van der Waals surface area contributed by atoms with Gasteiger partial charge in [-0.05, 0) is 37.1 Å². The highest BCUT2D eigenvalue weighted by molar-refractivity contribution is 5.79. The summed E-state index contributed by atoms with van der Waals surface area (Å²) in [5.41, 5.74) is 2.65. The minimum Gasteiger partial charge on any atom is -0.356 e. The van der Waals surface area contributed by atoms with Gasteiger partial charge in [-0.25, -0.2) is 9.97 Å². The van der Waals surface area contributed by atoms with Crippen LogP contribution >= 0.6 is 0 Å². The highest BCUT2D eigenvalue weighted by Gasteiger charge is 2.18.